The van der Waals surface area contributed by atoms with Gasteiger partial charge >= 0.3 is 0 Å². The van der Waals surface area contributed by atoms with E-state index in [1.54, 1.807) is 30.3 Å². The van der Waals surface area contributed by atoms with E-state index in [-0.39, 0.29) is 18.2 Å². The third-order valence-corrected chi connectivity index (χ3v) is 5.07. The number of β-amino-alcohol motifs (C(OH)–C–C–N with tert-alkyl or cyclic N) is 1. The normalized spacial score (nSPS) is 18.2. The van der Waals surface area contributed by atoms with E-state index in [1.165, 1.54) is 19.1 Å². The zero-order chi connectivity index (χ0) is 20.6. The minimum absolute atomic E-state index is 0.0601. The molecule has 0 aromatic heterocycles. The maximum absolute atomic E-state index is 13.0. The molecule has 0 amide bonds. The Morgan fingerprint density at radius 2 is 1.97 bits per heavy atom. The fourth-order valence-electron chi connectivity index (χ4n) is 3.62. The summed E-state index contributed by atoms with van der Waals surface area (Å²) in [4.78, 5) is 13.9. The molecule has 0 radical (unpaired) electrons. The van der Waals surface area contributed by atoms with E-state index in [2.05, 4.69) is 4.90 Å². The van der Waals surface area contributed by atoms with Crippen molar-refractivity contribution in [3.63, 3.8) is 0 Å². The first-order chi connectivity index (χ1) is 14.0. The van der Waals surface area contributed by atoms with E-state index in [4.69, 9.17) is 9.47 Å². The number of hydrogen-bond donors (Lipinski definition) is 1. The van der Waals surface area contributed by atoms with Crippen molar-refractivity contribution >= 4 is 5.78 Å². The van der Waals surface area contributed by atoms with Gasteiger partial charge in [0.15, 0.2) is 5.78 Å². The number of para-hydroxylation sites is 1. The quantitative estimate of drug-likeness (QED) is 0.651. The molecule has 3 rings (SSSR count). The van der Waals surface area contributed by atoms with Gasteiger partial charge in [0.1, 0.15) is 30.0 Å². The molecule has 2 unspecified atom stereocenters. The van der Waals surface area contributed by atoms with Crippen LogP contribution in [0.4, 0.5) is 4.39 Å². The molecule has 0 bridgehead atoms. The fraction of sp³-hybridized carbons (Fsp3) is 0.435. The van der Waals surface area contributed by atoms with Crippen molar-refractivity contribution in [1.29, 1.82) is 0 Å². The number of rotatable bonds is 9. The van der Waals surface area contributed by atoms with E-state index in [1.807, 2.05) is 6.07 Å². The molecule has 29 heavy (non-hydrogen) atoms. The number of carbonyl (C=O) groups is 1. The molecule has 2 aromatic rings. The smallest absolute Gasteiger partial charge is 0.163 e. The lowest BCUT2D eigenvalue weighted by Gasteiger charge is -2.33. The molecule has 1 saturated heterocycles. The van der Waals surface area contributed by atoms with Crippen molar-refractivity contribution in [3.05, 3.63) is 59.9 Å². The van der Waals surface area contributed by atoms with Crippen LogP contribution < -0.4 is 9.47 Å². The summed E-state index contributed by atoms with van der Waals surface area (Å²) in [6, 6.07) is 13.1. The highest BCUT2D eigenvalue weighted by Gasteiger charge is 2.23. The standard InChI is InChI=1S/C23H28FNO4/c1-17(26)22-6-2-3-7-23(22)29-16-20(27)14-25-12-4-5-18(13-25)15-28-21-10-8-19(24)9-11-21/h2-3,6-11,18,20,27H,4-5,12-16H2,1H3. The number of aliphatic hydroxyl groups is 1. The monoisotopic (exact) mass is 401 g/mol. The van der Waals surface area contributed by atoms with E-state index in [0.717, 1.165) is 25.9 Å². The van der Waals surface area contributed by atoms with E-state index < -0.39 is 6.10 Å². The van der Waals surface area contributed by atoms with Gasteiger partial charge in [0, 0.05) is 19.0 Å². The van der Waals surface area contributed by atoms with Gasteiger partial charge in [-0.05, 0) is 62.7 Å². The van der Waals surface area contributed by atoms with Gasteiger partial charge in [-0.3, -0.25) is 4.79 Å². The second-order valence-corrected chi connectivity index (χ2v) is 7.55. The SMILES string of the molecule is CC(=O)c1ccccc1OCC(O)CN1CCCC(COc2ccc(F)cc2)C1. The van der Waals surface area contributed by atoms with Gasteiger partial charge in [-0.15, -0.1) is 0 Å². The molecule has 0 spiro atoms. The van der Waals surface area contributed by atoms with Crippen molar-refractivity contribution < 1.29 is 23.8 Å². The van der Waals surface area contributed by atoms with Crippen LogP contribution in [0.5, 0.6) is 11.5 Å². The Hall–Kier alpha value is -2.44. The highest BCUT2D eigenvalue weighted by molar-refractivity contribution is 5.96. The molecule has 1 aliphatic heterocycles. The third-order valence-electron chi connectivity index (χ3n) is 5.07. The highest BCUT2D eigenvalue weighted by Crippen LogP contribution is 2.21. The zero-order valence-corrected chi connectivity index (χ0v) is 16.7. The molecule has 2 atom stereocenters. The maximum Gasteiger partial charge on any atom is 0.163 e. The van der Waals surface area contributed by atoms with Gasteiger partial charge in [0.25, 0.3) is 0 Å². The fourth-order valence-corrected chi connectivity index (χ4v) is 3.62. The molecule has 2 aromatic carbocycles. The van der Waals surface area contributed by atoms with Crippen molar-refractivity contribution in [2.45, 2.75) is 25.9 Å². The summed E-state index contributed by atoms with van der Waals surface area (Å²) in [6.45, 7) is 4.48. The van der Waals surface area contributed by atoms with Crippen LogP contribution in [0.1, 0.15) is 30.1 Å². The van der Waals surface area contributed by atoms with Crippen LogP contribution in [0.15, 0.2) is 48.5 Å². The van der Waals surface area contributed by atoms with Crippen molar-refractivity contribution in [1.82, 2.24) is 4.90 Å². The number of Topliss-reactive ketones (excluding diaryl/α,β-unsaturated/α-hetero) is 1. The van der Waals surface area contributed by atoms with Crippen molar-refractivity contribution in [3.8, 4) is 11.5 Å². The van der Waals surface area contributed by atoms with Crippen LogP contribution in [0.25, 0.3) is 0 Å². The maximum atomic E-state index is 13.0. The topological polar surface area (TPSA) is 59.0 Å². The number of ether oxygens (including phenoxy) is 2. The number of nitrogens with zero attached hydrogens (tertiary/aromatic N) is 1. The molecule has 1 heterocycles. The van der Waals surface area contributed by atoms with E-state index in [0.29, 0.717) is 36.1 Å². The second kappa shape index (κ2) is 10.4. The summed E-state index contributed by atoms with van der Waals surface area (Å²) < 4.78 is 24.4. The van der Waals surface area contributed by atoms with E-state index >= 15 is 0 Å². The lowest BCUT2D eigenvalue weighted by atomic mass is 9.98. The summed E-state index contributed by atoms with van der Waals surface area (Å²) in [5.41, 5.74) is 0.524. The van der Waals surface area contributed by atoms with Crippen LogP contribution in [0, 0.1) is 11.7 Å². The van der Waals surface area contributed by atoms with Crippen molar-refractivity contribution in [2.24, 2.45) is 5.92 Å². The van der Waals surface area contributed by atoms with Gasteiger partial charge in [-0.1, -0.05) is 12.1 Å². The zero-order valence-electron chi connectivity index (χ0n) is 16.7. The molecule has 1 aliphatic rings. The molecule has 156 valence electrons. The summed E-state index contributed by atoms with van der Waals surface area (Å²) in [6.07, 6.45) is 1.46. The summed E-state index contributed by atoms with van der Waals surface area (Å²) in [5, 5.41) is 10.4. The van der Waals surface area contributed by atoms with Crippen LogP contribution in [-0.4, -0.2) is 54.7 Å². The summed E-state index contributed by atoms with van der Waals surface area (Å²) in [5.74, 6) is 1.20. The first kappa shape index (κ1) is 21.3. The molecule has 1 fully saturated rings. The molecule has 1 N–H and O–H groups in total. The Balaban J connectivity index is 1.43. The van der Waals surface area contributed by atoms with Gasteiger partial charge in [0.2, 0.25) is 0 Å². The molecule has 6 heteroatoms. The number of carbonyl (C=O) groups excluding carboxylic acids is 1. The first-order valence-corrected chi connectivity index (χ1v) is 10.0. The lowest BCUT2D eigenvalue weighted by molar-refractivity contribution is 0.0448. The predicted octanol–water partition coefficient (Wildman–Crippen LogP) is 3.56. The average Bonchev–Trinajstić information content (AvgIpc) is 2.72. The Bertz CT molecular complexity index is 796. The third kappa shape index (κ3) is 6.54. The Kier molecular flexibility index (Phi) is 7.61. The Morgan fingerprint density at radius 3 is 2.72 bits per heavy atom. The number of likely N-dealkylation sites (tertiary alicyclic amines) is 1. The van der Waals surface area contributed by atoms with Gasteiger partial charge < -0.3 is 19.5 Å². The molecular formula is C23H28FNO4. The molecular weight excluding hydrogens is 373 g/mol. The first-order valence-electron chi connectivity index (χ1n) is 10.0. The summed E-state index contributed by atoms with van der Waals surface area (Å²) >= 11 is 0. The summed E-state index contributed by atoms with van der Waals surface area (Å²) in [7, 11) is 0. The van der Waals surface area contributed by atoms with Crippen LogP contribution >= 0.6 is 0 Å². The number of benzene rings is 2. The van der Waals surface area contributed by atoms with Gasteiger partial charge in [-0.25, -0.2) is 4.39 Å². The minimum Gasteiger partial charge on any atom is -0.493 e. The number of aliphatic hydroxyl groups excluding tert-OH is 1. The predicted molar refractivity (Wildman–Crippen MR) is 109 cm³/mol. The van der Waals surface area contributed by atoms with Gasteiger partial charge in [0.05, 0.1) is 12.2 Å². The molecule has 0 saturated carbocycles. The lowest BCUT2D eigenvalue weighted by Crippen LogP contribution is -2.43. The van der Waals surface area contributed by atoms with Crippen LogP contribution in [0.2, 0.25) is 0 Å². The Labute approximate surface area is 171 Å². The van der Waals surface area contributed by atoms with Crippen molar-refractivity contribution in [2.75, 3.05) is 32.8 Å². The Morgan fingerprint density at radius 1 is 1.21 bits per heavy atom. The molecule has 0 aliphatic carbocycles. The van der Waals surface area contributed by atoms with E-state index in [9.17, 15) is 14.3 Å². The van der Waals surface area contributed by atoms with Crippen LogP contribution in [0.3, 0.4) is 0 Å². The second-order valence-electron chi connectivity index (χ2n) is 7.55. The van der Waals surface area contributed by atoms with Crippen LogP contribution in [-0.2, 0) is 0 Å². The average molecular weight is 401 g/mol. The molecule has 5 nitrogen and oxygen atoms in total. The number of piperidine rings is 1. The number of ketones is 1. The minimum atomic E-state index is -0.646. The van der Waals surface area contributed by atoms with Gasteiger partial charge in [-0.2, -0.15) is 0 Å². The number of hydrogen-bond acceptors (Lipinski definition) is 5. The number of halogens is 1. The largest absolute Gasteiger partial charge is 0.493 e. The highest BCUT2D eigenvalue weighted by atomic mass is 19.1.